The standard InChI is InChI=1S/C29H36N6O3/c1-21-4-5-23(18-27(21)38-3)28(36)31-24-19-30-35(20-24)26-10-12-34(13-11-26)29(37)22-6-8-25(9-7-22)33-16-14-32(2)15-17-33/h4-9,18-20,26H,10-17H2,1-3H3,(H,31,36). The summed E-state index contributed by atoms with van der Waals surface area (Å²) in [7, 11) is 3.74. The van der Waals surface area contributed by atoms with Crippen LogP contribution >= 0.6 is 0 Å². The quantitative estimate of drug-likeness (QED) is 0.538. The number of amides is 2. The Balaban J connectivity index is 1.14. The third-order valence-electron chi connectivity index (χ3n) is 7.64. The number of carbonyl (C=O) groups is 2. The van der Waals surface area contributed by atoms with Crippen LogP contribution in [-0.2, 0) is 0 Å². The van der Waals surface area contributed by atoms with E-state index in [0.29, 0.717) is 30.1 Å². The Bertz CT molecular complexity index is 1270. The molecule has 5 rings (SSSR count). The van der Waals surface area contributed by atoms with Gasteiger partial charge in [-0.05, 0) is 68.8 Å². The van der Waals surface area contributed by atoms with Crippen molar-refractivity contribution in [2.75, 3.05) is 63.6 Å². The molecule has 0 radical (unpaired) electrons. The maximum absolute atomic E-state index is 13.1. The second-order valence-electron chi connectivity index (χ2n) is 10.2. The van der Waals surface area contributed by atoms with Gasteiger partial charge >= 0.3 is 0 Å². The summed E-state index contributed by atoms with van der Waals surface area (Å²) < 4.78 is 7.23. The Labute approximate surface area is 224 Å². The number of likely N-dealkylation sites (N-methyl/N-ethyl adjacent to an activating group) is 1. The molecule has 0 spiro atoms. The van der Waals surface area contributed by atoms with Crippen LogP contribution in [0.25, 0.3) is 0 Å². The monoisotopic (exact) mass is 516 g/mol. The molecule has 2 fully saturated rings. The number of aromatic nitrogens is 2. The number of rotatable bonds is 6. The number of aryl methyl sites for hydroxylation is 1. The molecule has 9 nitrogen and oxygen atoms in total. The lowest BCUT2D eigenvalue weighted by Gasteiger charge is -2.34. The molecule has 0 bridgehead atoms. The molecule has 9 heteroatoms. The minimum atomic E-state index is -0.207. The first-order chi connectivity index (χ1) is 18.4. The van der Waals surface area contributed by atoms with Crippen molar-refractivity contribution >= 4 is 23.2 Å². The van der Waals surface area contributed by atoms with E-state index in [1.165, 1.54) is 5.69 Å². The summed E-state index contributed by atoms with van der Waals surface area (Å²) in [6.07, 6.45) is 5.16. The van der Waals surface area contributed by atoms with Crippen LogP contribution in [0.15, 0.2) is 54.9 Å². The molecule has 2 aliphatic heterocycles. The highest BCUT2D eigenvalue weighted by molar-refractivity contribution is 6.04. The molecule has 0 atom stereocenters. The minimum Gasteiger partial charge on any atom is -0.496 e. The van der Waals surface area contributed by atoms with Gasteiger partial charge in [-0.2, -0.15) is 5.10 Å². The molecule has 2 amide bonds. The number of anilines is 2. The van der Waals surface area contributed by atoms with Crippen LogP contribution in [0, 0.1) is 6.92 Å². The summed E-state index contributed by atoms with van der Waals surface area (Å²) in [5.41, 5.74) is 4.07. The molecule has 2 aliphatic rings. The summed E-state index contributed by atoms with van der Waals surface area (Å²) in [4.78, 5) is 32.5. The van der Waals surface area contributed by atoms with Gasteiger partial charge in [0.15, 0.2) is 0 Å². The second kappa shape index (κ2) is 11.3. The lowest BCUT2D eigenvalue weighted by atomic mass is 10.0. The predicted molar refractivity (Wildman–Crippen MR) is 148 cm³/mol. The van der Waals surface area contributed by atoms with Crippen LogP contribution < -0.4 is 15.0 Å². The maximum atomic E-state index is 13.1. The van der Waals surface area contributed by atoms with Gasteiger partial charge in [-0.15, -0.1) is 0 Å². The molecule has 0 unspecified atom stereocenters. The Morgan fingerprint density at radius 1 is 0.947 bits per heavy atom. The van der Waals surface area contributed by atoms with Crippen LogP contribution in [0.2, 0.25) is 0 Å². The summed E-state index contributed by atoms with van der Waals surface area (Å²) in [6.45, 7) is 7.43. The van der Waals surface area contributed by atoms with E-state index < -0.39 is 0 Å². The molecule has 1 N–H and O–H groups in total. The van der Waals surface area contributed by atoms with Crippen molar-refractivity contribution in [3.63, 3.8) is 0 Å². The summed E-state index contributed by atoms with van der Waals surface area (Å²) in [5.74, 6) is 0.554. The van der Waals surface area contributed by atoms with Gasteiger partial charge in [-0.1, -0.05) is 6.07 Å². The Morgan fingerprint density at radius 2 is 1.63 bits per heavy atom. The van der Waals surface area contributed by atoms with Gasteiger partial charge in [0.1, 0.15) is 5.75 Å². The molecule has 3 heterocycles. The van der Waals surface area contributed by atoms with E-state index in [1.54, 1.807) is 25.4 Å². The first-order valence-electron chi connectivity index (χ1n) is 13.2. The van der Waals surface area contributed by atoms with Crippen molar-refractivity contribution in [2.45, 2.75) is 25.8 Å². The fraction of sp³-hybridized carbons (Fsp3) is 0.414. The Hall–Kier alpha value is -3.85. The number of nitrogens with zero attached hydrogens (tertiary/aromatic N) is 5. The highest BCUT2D eigenvalue weighted by Crippen LogP contribution is 2.26. The summed E-state index contributed by atoms with van der Waals surface area (Å²) in [6, 6.07) is 13.6. The lowest BCUT2D eigenvalue weighted by molar-refractivity contribution is 0.0689. The van der Waals surface area contributed by atoms with Gasteiger partial charge in [-0.25, -0.2) is 0 Å². The van der Waals surface area contributed by atoms with E-state index in [-0.39, 0.29) is 17.9 Å². The van der Waals surface area contributed by atoms with Crippen LogP contribution in [0.3, 0.4) is 0 Å². The molecule has 0 aliphatic carbocycles. The number of methoxy groups -OCH3 is 1. The van der Waals surface area contributed by atoms with Crippen molar-refractivity contribution in [1.82, 2.24) is 19.6 Å². The van der Waals surface area contributed by atoms with Crippen molar-refractivity contribution in [3.8, 4) is 5.75 Å². The van der Waals surface area contributed by atoms with E-state index in [2.05, 4.69) is 39.4 Å². The highest BCUT2D eigenvalue weighted by atomic mass is 16.5. The zero-order valence-corrected chi connectivity index (χ0v) is 22.4. The lowest BCUT2D eigenvalue weighted by Crippen LogP contribution is -2.44. The number of ether oxygens (including phenoxy) is 1. The van der Waals surface area contributed by atoms with Gasteiger partial charge in [0.05, 0.1) is 25.0 Å². The number of likely N-dealkylation sites (tertiary alicyclic amines) is 1. The van der Waals surface area contributed by atoms with E-state index >= 15 is 0 Å². The van der Waals surface area contributed by atoms with E-state index in [0.717, 1.165) is 50.1 Å². The van der Waals surface area contributed by atoms with E-state index in [9.17, 15) is 9.59 Å². The van der Waals surface area contributed by atoms with Gasteiger partial charge in [-0.3, -0.25) is 14.3 Å². The highest BCUT2D eigenvalue weighted by Gasteiger charge is 2.25. The molecule has 2 saturated heterocycles. The summed E-state index contributed by atoms with van der Waals surface area (Å²) >= 11 is 0. The normalized spacial score (nSPS) is 16.9. The maximum Gasteiger partial charge on any atom is 0.255 e. The van der Waals surface area contributed by atoms with E-state index in [1.807, 2.05) is 40.9 Å². The smallest absolute Gasteiger partial charge is 0.255 e. The number of benzene rings is 2. The largest absolute Gasteiger partial charge is 0.496 e. The third kappa shape index (κ3) is 5.67. The van der Waals surface area contributed by atoms with Crippen LogP contribution in [0.1, 0.15) is 45.2 Å². The number of carbonyl (C=O) groups excluding carboxylic acids is 2. The SMILES string of the molecule is COc1cc(C(=O)Nc2cnn(C3CCN(C(=O)c4ccc(N5CCN(C)CC5)cc4)CC3)c2)ccc1C. The Morgan fingerprint density at radius 3 is 2.32 bits per heavy atom. The molecule has 200 valence electrons. The second-order valence-corrected chi connectivity index (χ2v) is 10.2. The van der Waals surface area contributed by atoms with Crippen molar-refractivity contribution in [1.29, 1.82) is 0 Å². The topological polar surface area (TPSA) is 82.9 Å². The number of piperazine rings is 1. The van der Waals surface area contributed by atoms with Crippen molar-refractivity contribution in [2.24, 2.45) is 0 Å². The molecule has 2 aromatic carbocycles. The zero-order chi connectivity index (χ0) is 26.6. The minimum absolute atomic E-state index is 0.0790. The third-order valence-corrected chi connectivity index (χ3v) is 7.64. The van der Waals surface area contributed by atoms with Gasteiger partial charge < -0.3 is 24.8 Å². The van der Waals surface area contributed by atoms with Crippen LogP contribution in [0.4, 0.5) is 11.4 Å². The number of hydrogen-bond donors (Lipinski definition) is 1. The molecule has 0 saturated carbocycles. The average Bonchev–Trinajstić information content (AvgIpc) is 3.42. The zero-order valence-electron chi connectivity index (χ0n) is 22.4. The number of piperidine rings is 1. The van der Waals surface area contributed by atoms with E-state index in [4.69, 9.17) is 4.74 Å². The molecular weight excluding hydrogens is 480 g/mol. The van der Waals surface area contributed by atoms with Crippen LogP contribution in [-0.4, -0.2) is 84.8 Å². The van der Waals surface area contributed by atoms with Crippen LogP contribution in [0.5, 0.6) is 5.75 Å². The fourth-order valence-electron chi connectivity index (χ4n) is 5.16. The van der Waals surface area contributed by atoms with Gasteiger partial charge in [0.2, 0.25) is 0 Å². The molecule has 38 heavy (non-hydrogen) atoms. The number of nitrogens with one attached hydrogen (secondary N) is 1. The Kier molecular flexibility index (Phi) is 7.64. The molecular formula is C29H36N6O3. The first-order valence-corrected chi connectivity index (χ1v) is 13.2. The fourth-order valence-corrected chi connectivity index (χ4v) is 5.16. The average molecular weight is 517 g/mol. The molecule has 3 aromatic rings. The predicted octanol–water partition coefficient (Wildman–Crippen LogP) is 3.68. The van der Waals surface area contributed by atoms with Crippen molar-refractivity contribution < 1.29 is 14.3 Å². The molecule has 1 aromatic heterocycles. The summed E-state index contributed by atoms with van der Waals surface area (Å²) in [5, 5.41) is 7.41. The first kappa shape index (κ1) is 25.8. The number of hydrogen-bond acceptors (Lipinski definition) is 6. The van der Waals surface area contributed by atoms with Gasteiger partial charge in [0, 0.05) is 62.3 Å². The van der Waals surface area contributed by atoms with Gasteiger partial charge in [0.25, 0.3) is 11.8 Å². The van der Waals surface area contributed by atoms with Crippen molar-refractivity contribution in [3.05, 3.63) is 71.5 Å².